The highest BCUT2D eigenvalue weighted by molar-refractivity contribution is 6.11. The molecule has 11 aromatic rings. The third-order valence-corrected chi connectivity index (χ3v) is 12.1. The molecule has 0 unspecified atom stereocenters. The first kappa shape index (κ1) is 38.6. The number of aromatic nitrogens is 5. The van der Waals surface area contributed by atoms with Gasteiger partial charge in [-0.25, -0.2) is 19.9 Å². The molecule has 0 amide bonds. The van der Waals surface area contributed by atoms with Crippen molar-refractivity contribution in [3.63, 3.8) is 0 Å². The van der Waals surface area contributed by atoms with E-state index in [1.807, 2.05) is 36.4 Å². The van der Waals surface area contributed by atoms with Crippen LogP contribution in [0.5, 0.6) is 0 Å². The zero-order valence-corrected chi connectivity index (χ0v) is 35.9. The molecule has 5 nitrogen and oxygen atoms in total. The molecule has 0 saturated carbocycles. The van der Waals surface area contributed by atoms with Gasteiger partial charge in [-0.2, -0.15) is 0 Å². The molecule has 0 fully saturated rings. The average Bonchev–Trinajstić information content (AvgIpc) is 3.67. The van der Waals surface area contributed by atoms with E-state index in [-0.39, 0.29) is 0 Å². The van der Waals surface area contributed by atoms with Crippen molar-refractivity contribution in [3.05, 3.63) is 223 Å². The fourth-order valence-electron chi connectivity index (χ4n) is 9.24. The highest BCUT2D eigenvalue weighted by Gasteiger charge is 2.22. The molecule has 0 aliphatic rings. The van der Waals surface area contributed by atoms with Crippen molar-refractivity contribution in [3.8, 4) is 84.6 Å². The summed E-state index contributed by atoms with van der Waals surface area (Å²) in [6, 6.07) is 72.3. The number of nitrogens with zero attached hydrogens (tertiary/aromatic N) is 5. The predicted octanol–water partition coefficient (Wildman–Crippen LogP) is 15.0. The molecule has 0 aliphatic carbocycles. The Labute approximate surface area is 373 Å². The molecule has 0 aliphatic heterocycles. The first-order chi connectivity index (χ1) is 31.4. The van der Waals surface area contributed by atoms with Crippen molar-refractivity contribution >= 4 is 21.8 Å². The molecule has 5 heteroatoms. The summed E-state index contributed by atoms with van der Waals surface area (Å²) in [4.78, 5) is 21.2. The topological polar surface area (TPSA) is 56.5 Å². The van der Waals surface area contributed by atoms with Crippen LogP contribution in [0.25, 0.3) is 106 Å². The van der Waals surface area contributed by atoms with E-state index in [0.717, 1.165) is 72.9 Å². The predicted molar refractivity (Wildman–Crippen MR) is 264 cm³/mol. The minimum absolute atomic E-state index is 0.628. The Morgan fingerprint density at radius 1 is 0.328 bits per heavy atom. The summed E-state index contributed by atoms with van der Waals surface area (Å²) in [6.07, 6.45) is 0. The van der Waals surface area contributed by atoms with Gasteiger partial charge in [0.05, 0.1) is 39.5 Å². The van der Waals surface area contributed by atoms with Gasteiger partial charge < -0.3 is 4.57 Å². The van der Waals surface area contributed by atoms with E-state index in [4.69, 9.17) is 19.9 Å². The minimum Gasteiger partial charge on any atom is -0.309 e. The van der Waals surface area contributed by atoms with E-state index in [0.29, 0.717) is 11.6 Å². The molecule has 8 aromatic carbocycles. The second-order valence-corrected chi connectivity index (χ2v) is 16.5. The highest BCUT2D eigenvalue weighted by atomic mass is 15.0. The minimum atomic E-state index is 0.628. The van der Waals surface area contributed by atoms with Gasteiger partial charge in [-0.15, -0.1) is 0 Å². The lowest BCUT2D eigenvalue weighted by Crippen LogP contribution is -2.02. The van der Waals surface area contributed by atoms with Gasteiger partial charge >= 0.3 is 0 Å². The Bertz CT molecular complexity index is 3370. The van der Waals surface area contributed by atoms with Gasteiger partial charge in [0.15, 0.2) is 11.6 Å². The Kier molecular flexibility index (Phi) is 9.78. The Hall–Kier alpha value is -8.28. The summed E-state index contributed by atoms with van der Waals surface area (Å²) < 4.78 is 2.41. The van der Waals surface area contributed by atoms with Crippen LogP contribution in [0.15, 0.2) is 206 Å². The van der Waals surface area contributed by atoms with Crippen LogP contribution in [-0.2, 0) is 0 Å². The fraction of sp³-hybridized carbons (Fsp3) is 0.0508. The monoisotopic (exact) mass is 821 g/mol. The summed E-state index contributed by atoms with van der Waals surface area (Å²) in [7, 11) is 0. The summed E-state index contributed by atoms with van der Waals surface area (Å²) in [6.45, 7) is 6.60. The number of hydrogen-bond donors (Lipinski definition) is 0. The van der Waals surface area contributed by atoms with Crippen LogP contribution in [-0.4, -0.2) is 24.5 Å². The molecule has 3 heterocycles. The largest absolute Gasteiger partial charge is 0.309 e. The van der Waals surface area contributed by atoms with Crippen molar-refractivity contribution in [2.45, 2.75) is 20.8 Å². The number of hydrogen-bond acceptors (Lipinski definition) is 4. The summed E-state index contributed by atoms with van der Waals surface area (Å²) in [5, 5.41) is 2.36. The van der Waals surface area contributed by atoms with Crippen molar-refractivity contribution in [2.24, 2.45) is 0 Å². The van der Waals surface area contributed by atoms with E-state index < -0.39 is 0 Å². The van der Waals surface area contributed by atoms with Gasteiger partial charge in [-0.05, 0) is 85.5 Å². The average molecular weight is 822 g/mol. The lowest BCUT2D eigenvalue weighted by atomic mass is 9.93. The van der Waals surface area contributed by atoms with Crippen molar-refractivity contribution in [1.82, 2.24) is 24.5 Å². The maximum atomic E-state index is 5.43. The molecule has 0 radical (unpaired) electrons. The third-order valence-electron chi connectivity index (χ3n) is 12.1. The fourth-order valence-corrected chi connectivity index (χ4v) is 9.24. The quantitative estimate of drug-likeness (QED) is 0.153. The summed E-state index contributed by atoms with van der Waals surface area (Å²) >= 11 is 0. The van der Waals surface area contributed by atoms with E-state index in [9.17, 15) is 0 Å². The number of fused-ring (bicyclic) bond motifs is 3. The molecule has 3 aromatic heterocycles. The smallest absolute Gasteiger partial charge is 0.160 e. The highest BCUT2D eigenvalue weighted by Crippen LogP contribution is 2.41. The molecule has 0 atom stereocenters. The molecule has 0 spiro atoms. The van der Waals surface area contributed by atoms with E-state index >= 15 is 0 Å². The first-order valence-electron chi connectivity index (χ1n) is 21.7. The van der Waals surface area contributed by atoms with E-state index in [2.05, 4.69) is 195 Å². The van der Waals surface area contributed by atoms with E-state index in [1.165, 1.54) is 38.6 Å². The van der Waals surface area contributed by atoms with Crippen LogP contribution in [0, 0.1) is 20.8 Å². The van der Waals surface area contributed by atoms with Crippen LogP contribution in [0.1, 0.15) is 16.7 Å². The van der Waals surface area contributed by atoms with E-state index in [1.54, 1.807) is 0 Å². The molecule has 0 bridgehead atoms. The van der Waals surface area contributed by atoms with Gasteiger partial charge in [-0.3, -0.25) is 0 Å². The van der Waals surface area contributed by atoms with Crippen LogP contribution in [0.3, 0.4) is 0 Å². The molecule has 0 N–H and O–H groups in total. The normalized spacial score (nSPS) is 11.4. The number of para-hydroxylation sites is 1. The lowest BCUT2D eigenvalue weighted by molar-refractivity contribution is 1.14. The lowest BCUT2D eigenvalue weighted by Gasteiger charge is -2.18. The molecular weight excluding hydrogens is 779 g/mol. The summed E-state index contributed by atoms with van der Waals surface area (Å²) in [5.41, 5.74) is 18.6. The first-order valence-corrected chi connectivity index (χ1v) is 21.7. The molecule has 11 rings (SSSR count). The standard InChI is InChI=1S/C59H43N5/c1-38-32-39(2)57(40(3)33-38)45-28-30-48-47-26-16-17-27-54(47)64(56(48)35-45)55-31-29-46(59-61-50(41-18-8-4-9-19-41)36-51(62-59)42-20-10-5-11-21-42)34-49(55)53-37-52(43-22-12-6-13-23-43)60-58(63-53)44-24-14-7-15-25-44/h4-37H,1-3H3. The van der Waals surface area contributed by atoms with Crippen LogP contribution < -0.4 is 0 Å². The van der Waals surface area contributed by atoms with Gasteiger partial charge in [0.1, 0.15) is 0 Å². The molecular formula is C59H43N5. The number of rotatable bonds is 8. The van der Waals surface area contributed by atoms with Crippen LogP contribution in [0.4, 0.5) is 0 Å². The van der Waals surface area contributed by atoms with Crippen LogP contribution >= 0.6 is 0 Å². The number of benzene rings is 8. The Morgan fingerprint density at radius 2 is 0.781 bits per heavy atom. The van der Waals surface area contributed by atoms with Gasteiger partial charge in [0.2, 0.25) is 0 Å². The maximum Gasteiger partial charge on any atom is 0.160 e. The second kappa shape index (κ2) is 16.2. The van der Waals surface area contributed by atoms with Gasteiger partial charge in [0, 0.05) is 44.2 Å². The van der Waals surface area contributed by atoms with Crippen molar-refractivity contribution < 1.29 is 0 Å². The van der Waals surface area contributed by atoms with Gasteiger partial charge in [-0.1, -0.05) is 169 Å². The van der Waals surface area contributed by atoms with Crippen molar-refractivity contribution in [2.75, 3.05) is 0 Å². The maximum absolute atomic E-state index is 5.43. The molecule has 304 valence electrons. The zero-order chi connectivity index (χ0) is 43.1. The number of aryl methyl sites for hydroxylation is 3. The van der Waals surface area contributed by atoms with Gasteiger partial charge in [0.25, 0.3) is 0 Å². The SMILES string of the molecule is Cc1cc(C)c(-c2ccc3c4ccccc4n(-c4ccc(-c5nc(-c6ccccc6)cc(-c6ccccc6)n5)cc4-c4cc(-c5ccccc5)nc(-c5ccccc5)n4)c3c2)c(C)c1. The van der Waals surface area contributed by atoms with Crippen LogP contribution in [0.2, 0.25) is 0 Å². The second-order valence-electron chi connectivity index (χ2n) is 16.5. The molecule has 64 heavy (non-hydrogen) atoms. The Balaban J connectivity index is 1.22. The summed E-state index contributed by atoms with van der Waals surface area (Å²) in [5.74, 6) is 1.28. The molecule has 0 saturated heterocycles. The van der Waals surface area contributed by atoms with Crippen molar-refractivity contribution in [1.29, 1.82) is 0 Å². The zero-order valence-electron chi connectivity index (χ0n) is 35.9. The third kappa shape index (κ3) is 7.13. The Morgan fingerprint density at radius 3 is 1.36 bits per heavy atom.